The summed E-state index contributed by atoms with van der Waals surface area (Å²) in [6, 6.07) is 4.89. The Morgan fingerprint density at radius 2 is 2.19 bits per heavy atom. The van der Waals surface area contributed by atoms with Crippen molar-refractivity contribution in [2.75, 3.05) is 13.1 Å². The molecule has 0 bridgehead atoms. The average molecular weight is 326 g/mol. The quantitative estimate of drug-likeness (QED) is 0.888. The van der Waals surface area contributed by atoms with Gasteiger partial charge in [-0.2, -0.15) is 13.1 Å². The number of carbonyl (C=O) groups excluding carboxylic acids is 1. The first kappa shape index (κ1) is 14.4. The van der Waals surface area contributed by atoms with Crippen LogP contribution in [0.4, 0.5) is 0 Å². The lowest BCUT2D eigenvalue weighted by molar-refractivity contribution is -0.122. The number of piperidine rings is 1. The molecule has 1 saturated heterocycles. The van der Waals surface area contributed by atoms with Crippen LogP contribution in [0.1, 0.15) is 12.8 Å². The molecule has 7 nitrogen and oxygen atoms in total. The first-order chi connectivity index (χ1) is 10.00. The number of fused-ring (bicyclic) bond motifs is 1. The van der Waals surface area contributed by atoms with Gasteiger partial charge in [-0.3, -0.25) is 4.79 Å². The number of rotatable bonds is 3. The highest BCUT2D eigenvalue weighted by molar-refractivity contribution is 7.89. The van der Waals surface area contributed by atoms with Gasteiger partial charge >= 0.3 is 0 Å². The standard InChI is InChI=1S/C12H14N4O3S2/c13-12(17)8-3-2-6-16(7-8)21(18,19)10-5-1-4-9-11(10)15-20-14-9/h1,4-5,8H,2-3,6-7H2,(H2,13,17). The van der Waals surface area contributed by atoms with E-state index in [0.29, 0.717) is 30.4 Å². The Hall–Kier alpha value is -1.58. The third kappa shape index (κ3) is 2.52. The number of sulfonamides is 1. The van der Waals surface area contributed by atoms with E-state index in [-0.39, 0.29) is 11.4 Å². The number of aromatic nitrogens is 2. The molecule has 3 rings (SSSR count). The molecule has 1 amide bonds. The lowest BCUT2D eigenvalue weighted by atomic mass is 9.99. The van der Waals surface area contributed by atoms with E-state index in [0.717, 1.165) is 11.7 Å². The molecule has 1 atom stereocenters. The fraction of sp³-hybridized carbons (Fsp3) is 0.417. The van der Waals surface area contributed by atoms with Gasteiger partial charge in [0, 0.05) is 13.1 Å². The maximum atomic E-state index is 12.8. The van der Waals surface area contributed by atoms with Gasteiger partial charge < -0.3 is 5.73 Å². The lowest BCUT2D eigenvalue weighted by Gasteiger charge is -2.30. The molecule has 2 heterocycles. The van der Waals surface area contributed by atoms with Crippen LogP contribution in [0.3, 0.4) is 0 Å². The Bertz CT molecular complexity index is 787. The number of amides is 1. The van der Waals surface area contributed by atoms with Gasteiger partial charge in [0.25, 0.3) is 0 Å². The predicted molar refractivity (Wildman–Crippen MR) is 78.1 cm³/mol. The molecule has 1 aromatic heterocycles. The zero-order valence-corrected chi connectivity index (χ0v) is 12.7. The van der Waals surface area contributed by atoms with Gasteiger partial charge in [0.15, 0.2) is 0 Å². The molecular formula is C12H14N4O3S2. The number of nitrogens with zero attached hydrogens (tertiary/aromatic N) is 3. The van der Waals surface area contributed by atoms with E-state index in [4.69, 9.17) is 5.73 Å². The monoisotopic (exact) mass is 326 g/mol. The van der Waals surface area contributed by atoms with Gasteiger partial charge in [-0.1, -0.05) is 6.07 Å². The normalized spacial score (nSPS) is 20.7. The van der Waals surface area contributed by atoms with Crippen molar-refractivity contribution in [3.05, 3.63) is 18.2 Å². The van der Waals surface area contributed by atoms with Crippen LogP contribution in [0.5, 0.6) is 0 Å². The second-order valence-electron chi connectivity index (χ2n) is 4.99. The molecule has 1 fully saturated rings. The molecule has 1 aromatic carbocycles. The van der Waals surface area contributed by atoms with Crippen molar-refractivity contribution in [2.45, 2.75) is 17.7 Å². The Morgan fingerprint density at radius 1 is 1.38 bits per heavy atom. The maximum absolute atomic E-state index is 12.8. The molecule has 0 spiro atoms. The van der Waals surface area contributed by atoms with Crippen LogP contribution in [0.25, 0.3) is 11.0 Å². The molecule has 1 aliphatic heterocycles. The van der Waals surface area contributed by atoms with E-state index < -0.39 is 21.8 Å². The minimum atomic E-state index is -3.70. The fourth-order valence-corrected chi connectivity index (χ4v) is 4.80. The van der Waals surface area contributed by atoms with Gasteiger partial charge in [0.05, 0.1) is 17.6 Å². The second kappa shape index (κ2) is 5.32. The highest BCUT2D eigenvalue weighted by Crippen LogP contribution is 2.27. The van der Waals surface area contributed by atoms with E-state index in [1.54, 1.807) is 12.1 Å². The molecule has 9 heteroatoms. The smallest absolute Gasteiger partial charge is 0.245 e. The van der Waals surface area contributed by atoms with E-state index in [1.807, 2.05) is 0 Å². The summed E-state index contributed by atoms with van der Waals surface area (Å²) in [6.07, 6.45) is 1.25. The van der Waals surface area contributed by atoms with Crippen molar-refractivity contribution in [1.82, 2.24) is 13.1 Å². The first-order valence-electron chi connectivity index (χ1n) is 6.51. The van der Waals surface area contributed by atoms with Gasteiger partial charge in [-0.15, -0.1) is 0 Å². The zero-order chi connectivity index (χ0) is 15.0. The second-order valence-corrected chi connectivity index (χ2v) is 7.43. The summed E-state index contributed by atoms with van der Waals surface area (Å²) in [5.74, 6) is -0.885. The van der Waals surface area contributed by atoms with E-state index in [2.05, 4.69) is 8.75 Å². The molecule has 21 heavy (non-hydrogen) atoms. The topological polar surface area (TPSA) is 106 Å². The number of hydrogen-bond donors (Lipinski definition) is 1. The van der Waals surface area contributed by atoms with Gasteiger partial charge in [0.1, 0.15) is 15.9 Å². The van der Waals surface area contributed by atoms with E-state index in [1.165, 1.54) is 10.4 Å². The highest BCUT2D eigenvalue weighted by atomic mass is 32.2. The molecular weight excluding hydrogens is 312 g/mol. The Morgan fingerprint density at radius 3 is 2.95 bits per heavy atom. The Labute approximate surface area is 126 Å². The Kier molecular flexibility index (Phi) is 3.64. The summed E-state index contributed by atoms with van der Waals surface area (Å²) in [7, 11) is -3.70. The van der Waals surface area contributed by atoms with Crippen LogP contribution in [0, 0.1) is 5.92 Å². The Balaban J connectivity index is 2.00. The lowest BCUT2D eigenvalue weighted by Crippen LogP contribution is -2.44. The molecule has 112 valence electrons. The molecule has 0 aliphatic carbocycles. The van der Waals surface area contributed by atoms with Gasteiger partial charge in [-0.25, -0.2) is 8.42 Å². The highest BCUT2D eigenvalue weighted by Gasteiger charge is 2.33. The van der Waals surface area contributed by atoms with Crippen molar-refractivity contribution in [1.29, 1.82) is 0 Å². The first-order valence-corrected chi connectivity index (χ1v) is 8.68. The summed E-state index contributed by atoms with van der Waals surface area (Å²) < 4.78 is 35.0. The van der Waals surface area contributed by atoms with Crippen LogP contribution < -0.4 is 5.73 Å². The molecule has 2 aromatic rings. The van der Waals surface area contributed by atoms with Crippen LogP contribution in [0.15, 0.2) is 23.1 Å². The minimum absolute atomic E-state index is 0.131. The zero-order valence-electron chi connectivity index (χ0n) is 11.1. The molecule has 1 unspecified atom stereocenters. The summed E-state index contributed by atoms with van der Waals surface area (Å²) in [4.78, 5) is 11.5. The summed E-state index contributed by atoms with van der Waals surface area (Å²) in [6.45, 7) is 0.520. The molecule has 0 radical (unpaired) electrons. The van der Waals surface area contributed by atoms with Crippen LogP contribution >= 0.6 is 11.7 Å². The van der Waals surface area contributed by atoms with Crippen molar-refractivity contribution in [3.8, 4) is 0 Å². The van der Waals surface area contributed by atoms with E-state index in [9.17, 15) is 13.2 Å². The maximum Gasteiger partial charge on any atom is 0.245 e. The van der Waals surface area contributed by atoms with Gasteiger partial charge in [0.2, 0.25) is 15.9 Å². The molecule has 0 saturated carbocycles. The third-order valence-electron chi connectivity index (χ3n) is 3.65. The predicted octanol–water partition coefficient (Wildman–Crippen LogP) is 0.577. The number of hydrogen-bond acceptors (Lipinski definition) is 6. The number of carbonyl (C=O) groups is 1. The fourth-order valence-electron chi connectivity index (χ4n) is 2.52. The number of benzene rings is 1. The van der Waals surface area contributed by atoms with Crippen LogP contribution in [-0.4, -0.2) is 40.5 Å². The minimum Gasteiger partial charge on any atom is -0.369 e. The third-order valence-corrected chi connectivity index (χ3v) is 6.09. The number of nitrogens with two attached hydrogens (primary N) is 1. The van der Waals surface area contributed by atoms with Crippen molar-refractivity contribution >= 4 is 38.7 Å². The molecule has 1 aliphatic rings. The summed E-state index contributed by atoms with van der Waals surface area (Å²) >= 11 is 0.978. The van der Waals surface area contributed by atoms with Crippen LogP contribution in [-0.2, 0) is 14.8 Å². The SMILES string of the molecule is NC(=O)C1CCCN(S(=O)(=O)c2cccc3nsnc23)C1. The van der Waals surface area contributed by atoms with Crippen molar-refractivity contribution < 1.29 is 13.2 Å². The summed E-state index contributed by atoms with van der Waals surface area (Å²) in [5, 5.41) is 0. The van der Waals surface area contributed by atoms with Crippen LogP contribution in [0.2, 0.25) is 0 Å². The summed E-state index contributed by atoms with van der Waals surface area (Å²) in [5.41, 5.74) is 6.24. The average Bonchev–Trinajstić information content (AvgIpc) is 2.95. The van der Waals surface area contributed by atoms with Crippen molar-refractivity contribution in [2.24, 2.45) is 11.7 Å². The largest absolute Gasteiger partial charge is 0.369 e. The number of primary amides is 1. The molecule has 2 N–H and O–H groups in total. The van der Waals surface area contributed by atoms with E-state index >= 15 is 0 Å². The van der Waals surface area contributed by atoms with Gasteiger partial charge in [-0.05, 0) is 25.0 Å². The van der Waals surface area contributed by atoms with Crippen molar-refractivity contribution in [3.63, 3.8) is 0 Å².